The summed E-state index contributed by atoms with van der Waals surface area (Å²) in [6.07, 6.45) is 8.85. The molecular formula is C17H14FN3O. The first-order chi connectivity index (χ1) is 10.8. The lowest BCUT2D eigenvalue weighted by molar-refractivity contribution is 0.269. The third kappa shape index (κ3) is 2.19. The summed E-state index contributed by atoms with van der Waals surface area (Å²) < 4.78 is 21.3. The number of halogens is 1. The molecule has 2 atom stereocenters. The van der Waals surface area contributed by atoms with Crippen molar-refractivity contribution < 1.29 is 9.13 Å². The number of hydrogen-bond donors (Lipinski definition) is 0. The molecule has 1 saturated heterocycles. The number of epoxide rings is 1. The Hall–Kier alpha value is -2.53. The van der Waals surface area contributed by atoms with Crippen LogP contribution in [-0.2, 0) is 16.9 Å². The van der Waals surface area contributed by atoms with Gasteiger partial charge >= 0.3 is 0 Å². The fourth-order valence-electron chi connectivity index (χ4n) is 2.86. The Morgan fingerprint density at radius 2 is 2.00 bits per heavy atom. The van der Waals surface area contributed by atoms with Crippen LogP contribution >= 0.6 is 0 Å². The molecule has 3 aromatic rings. The van der Waals surface area contributed by atoms with Gasteiger partial charge in [-0.05, 0) is 23.8 Å². The van der Waals surface area contributed by atoms with Crippen LogP contribution in [0.15, 0.2) is 67.5 Å². The van der Waals surface area contributed by atoms with Crippen LogP contribution in [0.3, 0.4) is 0 Å². The van der Waals surface area contributed by atoms with E-state index in [-0.39, 0.29) is 11.9 Å². The molecule has 1 fully saturated rings. The van der Waals surface area contributed by atoms with Gasteiger partial charge in [0.25, 0.3) is 0 Å². The molecule has 22 heavy (non-hydrogen) atoms. The van der Waals surface area contributed by atoms with E-state index >= 15 is 0 Å². The Morgan fingerprint density at radius 3 is 2.68 bits per heavy atom. The molecule has 0 radical (unpaired) electrons. The molecule has 1 aliphatic rings. The average molecular weight is 295 g/mol. The SMILES string of the molecule is Fc1ccc(C2(Cn3ccnc3)OC2c2cccnc2)cc1. The minimum Gasteiger partial charge on any atom is -0.354 e. The minimum atomic E-state index is -0.503. The molecule has 5 heteroatoms. The summed E-state index contributed by atoms with van der Waals surface area (Å²) in [5.41, 5.74) is 1.47. The van der Waals surface area contributed by atoms with Gasteiger partial charge in [0.2, 0.25) is 0 Å². The highest BCUT2D eigenvalue weighted by atomic mass is 19.1. The topological polar surface area (TPSA) is 43.2 Å². The number of pyridine rings is 1. The van der Waals surface area contributed by atoms with Crippen LogP contribution in [0.5, 0.6) is 0 Å². The van der Waals surface area contributed by atoms with Crippen LogP contribution in [0, 0.1) is 5.82 Å². The lowest BCUT2D eigenvalue weighted by atomic mass is 9.92. The first kappa shape index (κ1) is 13.2. The van der Waals surface area contributed by atoms with Crippen molar-refractivity contribution in [1.29, 1.82) is 0 Å². The summed E-state index contributed by atoms with van der Waals surface area (Å²) in [6, 6.07) is 10.4. The summed E-state index contributed by atoms with van der Waals surface area (Å²) in [5.74, 6) is -0.250. The molecule has 0 amide bonds. The van der Waals surface area contributed by atoms with Crippen molar-refractivity contribution in [3.05, 3.63) is 84.5 Å². The zero-order chi connectivity index (χ0) is 15.0. The summed E-state index contributed by atoms with van der Waals surface area (Å²) in [4.78, 5) is 8.23. The smallest absolute Gasteiger partial charge is 0.142 e. The Bertz CT molecular complexity index is 758. The molecule has 0 bridgehead atoms. The van der Waals surface area contributed by atoms with E-state index in [2.05, 4.69) is 9.97 Å². The molecule has 1 aromatic carbocycles. The minimum absolute atomic E-state index is 0.0888. The van der Waals surface area contributed by atoms with E-state index in [0.717, 1.165) is 11.1 Å². The lowest BCUT2D eigenvalue weighted by Crippen LogP contribution is -2.18. The highest BCUT2D eigenvalue weighted by molar-refractivity contribution is 5.35. The van der Waals surface area contributed by atoms with E-state index in [1.165, 1.54) is 12.1 Å². The van der Waals surface area contributed by atoms with Gasteiger partial charge in [0.05, 0.1) is 12.9 Å². The van der Waals surface area contributed by atoms with Crippen molar-refractivity contribution in [1.82, 2.24) is 14.5 Å². The Morgan fingerprint density at radius 1 is 1.14 bits per heavy atom. The summed E-state index contributed by atoms with van der Waals surface area (Å²) in [7, 11) is 0. The second kappa shape index (κ2) is 5.03. The predicted octanol–water partition coefficient (Wildman–Crippen LogP) is 3.08. The van der Waals surface area contributed by atoms with Crippen molar-refractivity contribution in [2.24, 2.45) is 0 Å². The Labute approximate surface area is 127 Å². The predicted molar refractivity (Wildman–Crippen MR) is 78.4 cm³/mol. The van der Waals surface area contributed by atoms with Crippen molar-refractivity contribution in [3.63, 3.8) is 0 Å². The average Bonchev–Trinajstić information content (AvgIpc) is 3.04. The van der Waals surface area contributed by atoms with Crippen molar-refractivity contribution >= 4 is 0 Å². The number of benzene rings is 1. The zero-order valence-electron chi connectivity index (χ0n) is 11.8. The molecular weight excluding hydrogens is 281 g/mol. The zero-order valence-corrected chi connectivity index (χ0v) is 11.8. The van der Waals surface area contributed by atoms with E-state index in [1.807, 2.05) is 29.1 Å². The molecule has 0 saturated carbocycles. The van der Waals surface area contributed by atoms with Crippen LogP contribution in [0.1, 0.15) is 17.2 Å². The van der Waals surface area contributed by atoms with Gasteiger partial charge in [-0.25, -0.2) is 9.37 Å². The molecule has 1 aliphatic heterocycles. The fraction of sp³-hybridized carbons (Fsp3) is 0.176. The second-order valence-electron chi connectivity index (χ2n) is 5.42. The summed E-state index contributed by atoms with van der Waals surface area (Å²) >= 11 is 0. The molecule has 0 aliphatic carbocycles. The number of aromatic nitrogens is 3. The van der Waals surface area contributed by atoms with Crippen LogP contribution in [0.25, 0.3) is 0 Å². The van der Waals surface area contributed by atoms with E-state index in [0.29, 0.717) is 6.54 Å². The van der Waals surface area contributed by atoms with Crippen molar-refractivity contribution in [2.75, 3.05) is 0 Å². The van der Waals surface area contributed by atoms with E-state index in [1.54, 1.807) is 30.9 Å². The van der Waals surface area contributed by atoms with Gasteiger partial charge in [0, 0.05) is 30.4 Å². The highest BCUT2D eigenvalue weighted by Gasteiger charge is 2.58. The van der Waals surface area contributed by atoms with Gasteiger partial charge < -0.3 is 9.30 Å². The number of ether oxygens (including phenoxy) is 1. The van der Waals surface area contributed by atoms with E-state index < -0.39 is 5.60 Å². The maximum Gasteiger partial charge on any atom is 0.142 e. The number of nitrogens with zero attached hydrogens (tertiary/aromatic N) is 3. The van der Waals surface area contributed by atoms with Crippen LogP contribution < -0.4 is 0 Å². The van der Waals surface area contributed by atoms with Gasteiger partial charge in [0.15, 0.2) is 0 Å². The Balaban J connectivity index is 1.72. The first-order valence-corrected chi connectivity index (χ1v) is 7.07. The fourth-order valence-corrected chi connectivity index (χ4v) is 2.86. The van der Waals surface area contributed by atoms with E-state index in [4.69, 9.17) is 4.74 Å². The normalized spacial score (nSPS) is 23.4. The van der Waals surface area contributed by atoms with Crippen molar-refractivity contribution in [3.8, 4) is 0 Å². The first-order valence-electron chi connectivity index (χ1n) is 7.07. The quantitative estimate of drug-likeness (QED) is 0.695. The van der Waals surface area contributed by atoms with Crippen molar-refractivity contribution in [2.45, 2.75) is 18.2 Å². The van der Waals surface area contributed by atoms with Gasteiger partial charge in [-0.2, -0.15) is 0 Å². The Kier molecular flexibility index (Phi) is 3.01. The molecule has 0 spiro atoms. The number of imidazole rings is 1. The van der Waals surface area contributed by atoms with Gasteiger partial charge in [-0.1, -0.05) is 18.2 Å². The van der Waals surface area contributed by atoms with Crippen LogP contribution in [0.2, 0.25) is 0 Å². The monoisotopic (exact) mass is 295 g/mol. The second-order valence-corrected chi connectivity index (χ2v) is 5.42. The third-order valence-electron chi connectivity index (χ3n) is 3.99. The third-order valence-corrected chi connectivity index (χ3v) is 3.99. The van der Waals surface area contributed by atoms with Crippen LogP contribution in [0.4, 0.5) is 4.39 Å². The maximum atomic E-state index is 13.2. The number of rotatable bonds is 4. The highest BCUT2D eigenvalue weighted by Crippen LogP contribution is 2.57. The van der Waals surface area contributed by atoms with Crippen LogP contribution in [-0.4, -0.2) is 14.5 Å². The molecule has 4 rings (SSSR count). The van der Waals surface area contributed by atoms with E-state index in [9.17, 15) is 4.39 Å². The molecule has 4 nitrogen and oxygen atoms in total. The standard InChI is InChI=1S/C17H14FN3O/c18-15-5-3-14(4-6-15)17(11-21-9-8-20-12-21)16(22-17)13-2-1-7-19-10-13/h1-10,12,16H,11H2. The van der Waals surface area contributed by atoms with Gasteiger partial charge in [-0.3, -0.25) is 4.98 Å². The lowest BCUT2D eigenvalue weighted by Gasteiger charge is -2.14. The molecule has 3 heterocycles. The molecule has 2 unspecified atom stereocenters. The van der Waals surface area contributed by atoms with Gasteiger partial charge in [0.1, 0.15) is 17.5 Å². The largest absolute Gasteiger partial charge is 0.354 e. The summed E-state index contributed by atoms with van der Waals surface area (Å²) in [5, 5.41) is 0. The molecule has 0 N–H and O–H groups in total. The van der Waals surface area contributed by atoms with Gasteiger partial charge in [-0.15, -0.1) is 0 Å². The maximum absolute atomic E-state index is 13.2. The molecule has 2 aromatic heterocycles. The number of hydrogen-bond acceptors (Lipinski definition) is 3. The summed E-state index contributed by atoms with van der Waals surface area (Å²) in [6.45, 7) is 0.623. The molecule has 110 valence electrons.